The van der Waals surface area contributed by atoms with Gasteiger partial charge >= 0.3 is 0 Å². The zero-order valence-corrected chi connectivity index (χ0v) is 14.2. The van der Waals surface area contributed by atoms with Crippen LogP contribution in [0.4, 0.5) is 0 Å². The highest BCUT2D eigenvalue weighted by Gasteiger charge is 2.21. The molecule has 118 valence electrons. The predicted molar refractivity (Wildman–Crippen MR) is 89.2 cm³/mol. The third kappa shape index (κ3) is 2.70. The van der Waals surface area contributed by atoms with Crippen LogP contribution in [-0.4, -0.2) is 17.6 Å². The maximum absolute atomic E-state index is 12.4. The van der Waals surface area contributed by atoms with Gasteiger partial charge in [0.2, 0.25) is 0 Å². The largest absolute Gasteiger partial charge is 0.495 e. The number of carbonyl (C=O) groups excluding carboxylic acids is 1. The molecule has 0 atom stereocenters. The summed E-state index contributed by atoms with van der Waals surface area (Å²) in [4.78, 5) is 17.6. The zero-order valence-electron chi connectivity index (χ0n) is 13.4. The van der Waals surface area contributed by atoms with Crippen LogP contribution in [-0.2, 0) is 11.8 Å². The molecule has 1 heterocycles. The number of thiazole rings is 1. The monoisotopic (exact) mass is 318 g/mol. The number of aromatic nitrogens is 1. The quantitative estimate of drug-likeness (QED) is 0.849. The Morgan fingerprint density at radius 2 is 2.05 bits per heavy atom. The minimum absolute atomic E-state index is 0.0403. The lowest BCUT2D eigenvalue weighted by Crippen LogP contribution is -2.20. The third-order valence-corrected chi connectivity index (χ3v) is 5.75. The fourth-order valence-corrected chi connectivity index (χ4v) is 4.26. The first kappa shape index (κ1) is 15.3. The van der Waals surface area contributed by atoms with Crippen molar-refractivity contribution in [3.63, 3.8) is 0 Å². The van der Waals surface area contributed by atoms with Gasteiger partial charge < -0.3 is 9.30 Å². The molecule has 3 rings (SSSR count). The van der Waals surface area contributed by atoms with Crippen LogP contribution in [0.15, 0.2) is 17.1 Å². The summed E-state index contributed by atoms with van der Waals surface area (Å²) in [6.07, 6.45) is 5.52. The Kier molecular flexibility index (Phi) is 4.34. The van der Waals surface area contributed by atoms with Crippen molar-refractivity contribution in [3.05, 3.63) is 22.5 Å². The maximum Gasteiger partial charge on any atom is 0.251 e. The van der Waals surface area contributed by atoms with Crippen LogP contribution in [0.2, 0.25) is 0 Å². The average Bonchev–Trinajstić information content (AvgIpc) is 2.87. The number of amides is 1. The van der Waals surface area contributed by atoms with E-state index < -0.39 is 0 Å². The van der Waals surface area contributed by atoms with Gasteiger partial charge in [0, 0.05) is 13.0 Å². The molecule has 5 heteroatoms. The Balaban J connectivity index is 2.07. The minimum atomic E-state index is 0.0403. The van der Waals surface area contributed by atoms with Gasteiger partial charge in [-0.05, 0) is 31.4 Å². The number of fused-ring (bicyclic) bond motifs is 1. The van der Waals surface area contributed by atoms with Gasteiger partial charge in [-0.3, -0.25) is 4.79 Å². The van der Waals surface area contributed by atoms with E-state index in [0.717, 1.165) is 46.5 Å². The molecule has 0 saturated heterocycles. The first-order chi connectivity index (χ1) is 10.6. The van der Waals surface area contributed by atoms with Crippen molar-refractivity contribution in [3.8, 4) is 5.75 Å². The number of hydrogen-bond donors (Lipinski definition) is 0. The lowest BCUT2D eigenvalue weighted by atomic mass is 9.89. The molecule has 4 nitrogen and oxygen atoms in total. The number of carbonyl (C=O) groups is 1. The molecule has 0 spiro atoms. The molecule has 0 unspecified atom stereocenters. The number of benzene rings is 1. The minimum Gasteiger partial charge on any atom is -0.495 e. The van der Waals surface area contributed by atoms with Gasteiger partial charge in [0.15, 0.2) is 4.80 Å². The molecule has 1 fully saturated rings. The molecular formula is C17H22N2O2S. The van der Waals surface area contributed by atoms with Crippen LogP contribution in [0, 0.1) is 12.8 Å². The number of ether oxygens (including phenoxy) is 1. The highest BCUT2D eigenvalue weighted by Crippen LogP contribution is 2.30. The Labute approximate surface area is 134 Å². The number of hydrogen-bond acceptors (Lipinski definition) is 3. The van der Waals surface area contributed by atoms with E-state index in [1.165, 1.54) is 12.0 Å². The fourth-order valence-electron chi connectivity index (χ4n) is 3.15. The first-order valence-corrected chi connectivity index (χ1v) is 8.65. The van der Waals surface area contributed by atoms with E-state index in [4.69, 9.17) is 4.74 Å². The van der Waals surface area contributed by atoms with Crippen LogP contribution >= 0.6 is 11.3 Å². The lowest BCUT2D eigenvalue weighted by Gasteiger charge is -2.17. The fraction of sp³-hybridized carbons (Fsp3) is 0.529. The Bertz CT molecular complexity index is 767. The molecule has 1 aliphatic rings. The van der Waals surface area contributed by atoms with Gasteiger partial charge in [0.25, 0.3) is 5.91 Å². The molecule has 0 aliphatic heterocycles. The summed E-state index contributed by atoms with van der Waals surface area (Å²) >= 11 is 1.57. The average molecular weight is 318 g/mol. The number of rotatable bonds is 2. The second kappa shape index (κ2) is 6.24. The molecule has 1 aromatic carbocycles. The molecule has 2 aromatic rings. The molecule has 22 heavy (non-hydrogen) atoms. The molecule has 0 radical (unpaired) electrons. The van der Waals surface area contributed by atoms with E-state index in [-0.39, 0.29) is 11.8 Å². The van der Waals surface area contributed by atoms with Crippen LogP contribution in [0.5, 0.6) is 5.75 Å². The van der Waals surface area contributed by atoms with Gasteiger partial charge in [0.1, 0.15) is 11.3 Å². The van der Waals surface area contributed by atoms with E-state index >= 15 is 0 Å². The number of methoxy groups -OCH3 is 1. The highest BCUT2D eigenvalue weighted by molar-refractivity contribution is 7.16. The van der Waals surface area contributed by atoms with Crippen LogP contribution < -0.4 is 9.54 Å². The molecule has 1 saturated carbocycles. The molecule has 1 aliphatic carbocycles. The summed E-state index contributed by atoms with van der Waals surface area (Å²) in [5, 5.41) is 0. The second-order valence-electron chi connectivity index (χ2n) is 5.99. The number of aryl methyl sites for hydroxylation is 2. The van der Waals surface area contributed by atoms with Gasteiger partial charge in [-0.2, -0.15) is 4.99 Å². The summed E-state index contributed by atoms with van der Waals surface area (Å²) in [7, 11) is 3.62. The number of nitrogens with zero attached hydrogens (tertiary/aromatic N) is 2. The molecular weight excluding hydrogens is 296 g/mol. The summed E-state index contributed by atoms with van der Waals surface area (Å²) in [5.74, 6) is 0.978. The standard InChI is InChI=1S/C17H22N2O2S/c1-11-9-10-13(21-3)14-15(11)22-17(19(14)2)18-16(20)12-7-5-4-6-8-12/h9-10,12H,4-8H2,1-3H3. The van der Waals surface area contributed by atoms with Crippen LogP contribution in [0.3, 0.4) is 0 Å². The molecule has 0 N–H and O–H groups in total. The van der Waals surface area contributed by atoms with E-state index in [1.54, 1.807) is 18.4 Å². The SMILES string of the molecule is COc1ccc(C)c2sc(=NC(=O)C3CCCCC3)n(C)c12. The van der Waals surface area contributed by atoms with E-state index in [9.17, 15) is 4.79 Å². The Morgan fingerprint density at radius 3 is 2.73 bits per heavy atom. The maximum atomic E-state index is 12.4. The normalized spacial score (nSPS) is 17.1. The van der Waals surface area contributed by atoms with Gasteiger partial charge in [-0.15, -0.1) is 0 Å². The predicted octanol–water partition coefficient (Wildman–Crippen LogP) is 3.56. The summed E-state index contributed by atoms with van der Waals surface area (Å²) in [6.45, 7) is 2.07. The van der Waals surface area contributed by atoms with Crippen LogP contribution in [0.25, 0.3) is 10.2 Å². The smallest absolute Gasteiger partial charge is 0.251 e. The summed E-state index contributed by atoms with van der Waals surface area (Å²) in [5.41, 5.74) is 2.20. The van der Waals surface area contributed by atoms with Crippen molar-refractivity contribution < 1.29 is 9.53 Å². The highest BCUT2D eigenvalue weighted by atomic mass is 32.1. The van der Waals surface area contributed by atoms with Crippen molar-refractivity contribution in [1.29, 1.82) is 0 Å². The van der Waals surface area contributed by atoms with Gasteiger partial charge in [-0.25, -0.2) is 0 Å². The third-order valence-electron chi connectivity index (χ3n) is 4.49. The zero-order chi connectivity index (χ0) is 15.7. The molecule has 1 aromatic heterocycles. The lowest BCUT2D eigenvalue weighted by molar-refractivity contribution is -0.122. The molecule has 1 amide bonds. The van der Waals surface area contributed by atoms with Crippen molar-refractivity contribution >= 4 is 27.5 Å². The first-order valence-electron chi connectivity index (χ1n) is 7.83. The van der Waals surface area contributed by atoms with Gasteiger partial charge in [0.05, 0.1) is 11.8 Å². The Morgan fingerprint density at radius 1 is 1.32 bits per heavy atom. The Hall–Kier alpha value is -1.62. The summed E-state index contributed by atoms with van der Waals surface area (Å²) in [6, 6.07) is 4.02. The second-order valence-corrected chi connectivity index (χ2v) is 6.97. The van der Waals surface area contributed by atoms with Crippen LogP contribution in [0.1, 0.15) is 37.7 Å². The topological polar surface area (TPSA) is 43.6 Å². The van der Waals surface area contributed by atoms with E-state index in [1.807, 2.05) is 23.7 Å². The van der Waals surface area contributed by atoms with Crippen molar-refractivity contribution in [2.75, 3.05) is 7.11 Å². The summed E-state index contributed by atoms with van der Waals surface area (Å²) < 4.78 is 8.57. The van der Waals surface area contributed by atoms with Crippen molar-refractivity contribution in [2.45, 2.75) is 39.0 Å². The van der Waals surface area contributed by atoms with E-state index in [2.05, 4.69) is 11.9 Å². The van der Waals surface area contributed by atoms with Crippen molar-refractivity contribution in [2.24, 2.45) is 18.0 Å². The van der Waals surface area contributed by atoms with E-state index in [0.29, 0.717) is 0 Å². The molecule has 0 bridgehead atoms. The van der Waals surface area contributed by atoms with Gasteiger partial charge in [-0.1, -0.05) is 36.7 Å². The van der Waals surface area contributed by atoms with Crippen molar-refractivity contribution in [1.82, 2.24) is 4.57 Å².